The number of aromatic nitrogens is 2. The molecule has 0 radical (unpaired) electrons. The zero-order valence-corrected chi connectivity index (χ0v) is 12.4. The maximum absolute atomic E-state index is 4.60. The minimum absolute atomic E-state index is 0.0859. The molecule has 3 rings (SSSR count). The van der Waals surface area contributed by atoms with Crippen LogP contribution in [-0.4, -0.2) is 16.5 Å². The lowest BCUT2D eigenvalue weighted by Gasteiger charge is -2.20. The van der Waals surface area contributed by atoms with Gasteiger partial charge in [0.25, 0.3) is 0 Å². The highest BCUT2D eigenvalue weighted by molar-refractivity contribution is 5.86. The maximum atomic E-state index is 4.60. The summed E-state index contributed by atoms with van der Waals surface area (Å²) in [6.07, 6.45) is 1.83. The quantitative estimate of drug-likeness (QED) is 0.791. The van der Waals surface area contributed by atoms with Crippen molar-refractivity contribution >= 4 is 10.8 Å². The van der Waals surface area contributed by atoms with Crippen LogP contribution in [0.4, 0.5) is 0 Å². The first-order chi connectivity index (χ1) is 10.3. The van der Waals surface area contributed by atoms with Crippen LogP contribution in [0.3, 0.4) is 0 Å². The minimum atomic E-state index is 0.0859. The van der Waals surface area contributed by atoms with E-state index in [4.69, 9.17) is 0 Å². The Balaban J connectivity index is 2.16. The van der Waals surface area contributed by atoms with Crippen molar-refractivity contribution in [3.05, 3.63) is 71.8 Å². The van der Waals surface area contributed by atoms with Gasteiger partial charge in [-0.3, -0.25) is 0 Å². The van der Waals surface area contributed by atoms with Gasteiger partial charge in [-0.25, -0.2) is 9.97 Å². The molecule has 3 aromatic rings. The number of hydrogen-bond acceptors (Lipinski definition) is 3. The second-order valence-corrected chi connectivity index (χ2v) is 5.09. The zero-order valence-electron chi connectivity index (χ0n) is 12.4. The topological polar surface area (TPSA) is 37.8 Å². The number of fused-ring (bicyclic) bond motifs is 1. The summed E-state index contributed by atoms with van der Waals surface area (Å²) < 4.78 is 0. The summed E-state index contributed by atoms with van der Waals surface area (Å²) in [6, 6.07) is 17.0. The van der Waals surface area contributed by atoms with E-state index in [0.29, 0.717) is 0 Å². The Morgan fingerprint density at radius 1 is 1.05 bits per heavy atom. The minimum Gasteiger partial charge on any atom is -0.305 e. The smallest absolute Gasteiger partial charge is 0.125 e. The Hall–Kier alpha value is -2.26. The Morgan fingerprint density at radius 3 is 2.67 bits per heavy atom. The number of benzene rings is 2. The van der Waals surface area contributed by atoms with Crippen molar-refractivity contribution in [3.8, 4) is 0 Å². The normalized spacial score (nSPS) is 12.5. The summed E-state index contributed by atoms with van der Waals surface area (Å²) in [7, 11) is 0. The molecule has 0 aliphatic heterocycles. The lowest BCUT2D eigenvalue weighted by Crippen LogP contribution is -2.23. The summed E-state index contributed by atoms with van der Waals surface area (Å²) in [5, 5.41) is 6.06. The molecule has 1 unspecified atom stereocenters. The highest BCUT2D eigenvalue weighted by atomic mass is 15.0. The number of nitrogens with one attached hydrogen (secondary N) is 1. The van der Waals surface area contributed by atoms with Crippen LogP contribution in [0.5, 0.6) is 0 Å². The molecular weight excluding hydrogens is 258 g/mol. The Bertz CT molecular complexity index is 747. The number of rotatable bonds is 4. The van der Waals surface area contributed by atoms with Gasteiger partial charge in [0.15, 0.2) is 0 Å². The van der Waals surface area contributed by atoms with E-state index in [1.807, 2.05) is 19.2 Å². The van der Waals surface area contributed by atoms with E-state index < -0.39 is 0 Å². The van der Waals surface area contributed by atoms with E-state index in [9.17, 15) is 0 Å². The highest BCUT2D eigenvalue weighted by Gasteiger charge is 2.17. The molecule has 2 aromatic carbocycles. The van der Waals surface area contributed by atoms with E-state index in [1.165, 1.54) is 16.3 Å². The summed E-state index contributed by atoms with van der Waals surface area (Å²) >= 11 is 0. The molecule has 0 fully saturated rings. The van der Waals surface area contributed by atoms with Crippen LogP contribution in [0.15, 0.2) is 54.7 Å². The fourth-order valence-electron chi connectivity index (χ4n) is 2.72. The first-order valence-electron chi connectivity index (χ1n) is 7.30. The van der Waals surface area contributed by atoms with Gasteiger partial charge in [0, 0.05) is 6.20 Å². The summed E-state index contributed by atoms with van der Waals surface area (Å²) in [6.45, 7) is 4.93. The fourth-order valence-corrected chi connectivity index (χ4v) is 2.72. The largest absolute Gasteiger partial charge is 0.305 e. The summed E-state index contributed by atoms with van der Waals surface area (Å²) in [5.41, 5.74) is 2.27. The Labute approximate surface area is 125 Å². The average molecular weight is 277 g/mol. The van der Waals surface area contributed by atoms with Gasteiger partial charge in [-0.1, -0.05) is 49.4 Å². The van der Waals surface area contributed by atoms with Crippen molar-refractivity contribution in [3.63, 3.8) is 0 Å². The number of nitrogens with zero attached hydrogens (tertiary/aromatic N) is 2. The molecule has 0 saturated carbocycles. The molecule has 0 saturated heterocycles. The van der Waals surface area contributed by atoms with Crippen LogP contribution in [0, 0.1) is 6.92 Å². The van der Waals surface area contributed by atoms with Gasteiger partial charge >= 0.3 is 0 Å². The second kappa shape index (κ2) is 6.02. The molecule has 0 spiro atoms. The third kappa shape index (κ3) is 2.78. The number of aryl methyl sites for hydroxylation is 1. The van der Waals surface area contributed by atoms with Crippen molar-refractivity contribution in [1.29, 1.82) is 0 Å². The van der Waals surface area contributed by atoms with Crippen LogP contribution in [0.2, 0.25) is 0 Å². The van der Waals surface area contributed by atoms with Gasteiger partial charge in [-0.15, -0.1) is 0 Å². The maximum Gasteiger partial charge on any atom is 0.125 e. The van der Waals surface area contributed by atoms with Gasteiger partial charge in [-0.2, -0.15) is 0 Å². The van der Waals surface area contributed by atoms with Crippen molar-refractivity contribution in [2.45, 2.75) is 19.9 Å². The van der Waals surface area contributed by atoms with Crippen LogP contribution >= 0.6 is 0 Å². The van der Waals surface area contributed by atoms with Crippen molar-refractivity contribution < 1.29 is 0 Å². The van der Waals surface area contributed by atoms with Crippen LogP contribution < -0.4 is 5.32 Å². The first kappa shape index (κ1) is 13.7. The van der Waals surface area contributed by atoms with Crippen LogP contribution in [0.1, 0.15) is 30.0 Å². The van der Waals surface area contributed by atoms with Gasteiger partial charge in [0.2, 0.25) is 0 Å². The van der Waals surface area contributed by atoms with Gasteiger partial charge in [-0.05, 0) is 35.9 Å². The molecule has 1 heterocycles. The van der Waals surface area contributed by atoms with Gasteiger partial charge in [0.05, 0.1) is 11.7 Å². The molecule has 1 aromatic heterocycles. The molecule has 0 bridgehead atoms. The fraction of sp³-hybridized carbons (Fsp3) is 0.222. The van der Waals surface area contributed by atoms with E-state index in [1.54, 1.807) is 0 Å². The number of hydrogen-bond donors (Lipinski definition) is 1. The molecule has 1 atom stereocenters. The molecular formula is C18H19N3. The van der Waals surface area contributed by atoms with Crippen molar-refractivity contribution in [2.75, 3.05) is 6.54 Å². The molecule has 106 valence electrons. The molecule has 1 N–H and O–H groups in total. The van der Waals surface area contributed by atoms with Crippen LogP contribution in [-0.2, 0) is 0 Å². The average Bonchev–Trinajstić information content (AvgIpc) is 2.52. The molecule has 21 heavy (non-hydrogen) atoms. The zero-order chi connectivity index (χ0) is 14.7. The Morgan fingerprint density at radius 2 is 1.86 bits per heavy atom. The molecule has 3 nitrogen and oxygen atoms in total. The van der Waals surface area contributed by atoms with Gasteiger partial charge < -0.3 is 5.32 Å². The van der Waals surface area contributed by atoms with E-state index in [-0.39, 0.29) is 6.04 Å². The molecule has 0 amide bonds. The lowest BCUT2D eigenvalue weighted by atomic mass is 9.96. The van der Waals surface area contributed by atoms with Crippen LogP contribution in [0.25, 0.3) is 10.8 Å². The van der Waals surface area contributed by atoms with Crippen molar-refractivity contribution in [2.24, 2.45) is 0 Å². The predicted octanol–water partition coefficient (Wildman–Crippen LogP) is 3.64. The van der Waals surface area contributed by atoms with Gasteiger partial charge in [0.1, 0.15) is 5.82 Å². The van der Waals surface area contributed by atoms with E-state index >= 15 is 0 Å². The molecule has 3 heteroatoms. The standard InChI is InChI=1S/C18H19N3/c1-3-19-18(17-11-12-20-13(2)21-17)16-10-6-8-14-7-4-5-9-15(14)16/h4-12,18-19H,3H2,1-2H3. The monoisotopic (exact) mass is 277 g/mol. The summed E-state index contributed by atoms with van der Waals surface area (Å²) in [4.78, 5) is 8.80. The SMILES string of the molecule is CCNC(c1ccnc(C)n1)c1cccc2ccccc12. The summed E-state index contributed by atoms with van der Waals surface area (Å²) in [5.74, 6) is 0.802. The van der Waals surface area contributed by atoms with E-state index in [0.717, 1.165) is 18.1 Å². The molecule has 0 aliphatic carbocycles. The van der Waals surface area contributed by atoms with E-state index in [2.05, 4.69) is 64.7 Å². The predicted molar refractivity (Wildman–Crippen MR) is 86.2 cm³/mol. The first-order valence-corrected chi connectivity index (χ1v) is 7.30. The molecule has 0 aliphatic rings. The second-order valence-electron chi connectivity index (χ2n) is 5.09. The Kier molecular flexibility index (Phi) is 3.93. The highest BCUT2D eigenvalue weighted by Crippen LogP contribution is 2.28. The third-order valence-electron chi connectivity index (χ3n) is 3.64. The lowest BCUT2D eigenvalue weighted by molar-refractivity contribution is 0.615. The third-order valence-corrected chi connectivity index (χ3v) is 3.64. The van der Waals surface area contributed by atoms with Crippen molar-refractivity contribution in [1.82, 2.24) is 15.3 Å².